The van der Waals surface area contributed by atoms with Crippen molar-refractivity contribution < 1.29 is 47.5 Å². The number of aromatic nitrogens is 1. The number of carboxylic acids is 2. The molecule has 1 aliphatic heterocycles. The number of pyridine rings is 1. The van der Waals surface area contributed by atoms with Crippen LogP contribution in [0.25, 0.3) is 11.1 Å². The number of carbonyl (C=O) groups is 2. The van der Waals surface area contributed by atoms with Crippen molar-refractivity contribution in [3.63, 3.8) is 0 Å². The Morgan fingerprint density at radius 2 is 1.66 bits per heavy atom. The maximum atomic E-state index is 12.1. The minimum atomic E-state index is -3.51. The number of likely N-dealkylation sites (tertiary alicyclic amines) is 1. The number of carboxylic acid groups (broad SMARTS) is 2. The summed E-state index contributed by atoms with van der Waals surface area (Å²) in [5.41, 5.74) is 4.26. The van der Waals surface area contributed by atoms with Gasteiger partial charge in [0, 0.05) is 55.5 Å². The van der Waals surface area contributed by atoms with E-state index in [0.717, 1.165) is 59.3 Å². The van der Waals surface area contributed by atoms with Crippen molar-refractivity contribution in [3.05, 3.63) is 99.8 Å². The van der Waals surface area contributed by atoms with Crippen molar-refractivity contribution in [2.24, 2.45) is 5.92 Å². The van der Waals surface area contributed by atoms with Gasteiger partial charge in [-0.3, -0.25) is 19.9 Å². The standard InChI is InChI=1S/C41H48ClN3O10S/c1-26-30(8-5-9-33(26)34-10-6-11-36(27(34)2)53-15-7-13-45-14-12-29(22-45)39(47)48)24-55-38-18-37(54-23-28-16-32(21-43-19-28)56(4,51)52)31(17-35(38)42)20-44-41(3,25-46)40(49)50/h5-6,8-11,16-19,21,29,44,46H,7,12-15,20,22-25H2,1-4H3,(H,47,48)(H,49,50)/t29-,41?/m1/s1. The first-order chi connectivity index (χ1) is 26.6. The molecule has 15 heteroatoms. The number of nitrogens with one attached hydrogen (secondary N) is 1. The van der Waals surface area contributed by atoms with E-state index in [-0.39, 0.29) is 35.6 Å². The Balaban J connectivity index is 1.31. The number of aliphatic carboxylic acids is 2. The van der Waals surface area contributed by atoms with Gasteiger partial charge in [0.15, 0.2) is 9.84 Å². The second-order valence-corrected chi connectivity index (χ2v) is 16.7. The van der Waals surface area contributed by atoms with Crippen LogP contribution in [0.3, 0.4) is 0 Å². The lowest BCUT2D eigenvalue weighted by Crippen LogP contribution is -2.52. The molecule has 0 amide bonds. The largest absolute Gasteiger partial charge is 0.493 e. The van der Waals surface area contributed by atoms with Crippen molar-refractivity contribution in [3.8, 4) is 28.4 Å². The average Bonchev–Trinajstić information content (AvgIpc) is 3.65. The fourth-order valence-electron chi connectivity index (χ4n) is 6.41. The van der Waals surface area contributed by atoms with Crippen LogP contribution < -0.4 is 19.5 Å². The summed E-state index contributed by atoms with van der Waals surface area (Å²) in [5.74, 6) is -0.881. The van der Waals surface area contributed by atoms with Gasteiger partial charge in [0.2, 0.25) is 0 Å². The number of hydrogen-bond donors (Lipinski definition) is 4. The lowest BCUT2D eigenvalue weighted by molar-refractivity contribution is -0.146. The number of nitrogens with zero attached hydrogens (tertiary/aromatic N) is 2. The first-order valence-corrected chi connectivity index (χ1v) is 20.4. The van der Waals surface area contributed by atoms with Gasteiger partial charge in [-0.25, -0.2) is 8.42 Å². The number of hydrogen-bond acceptors (Lipinski definition) is 11. The summed E-state index contributed by atoms with van der Waals surface area (Å²) < 4.78 is 42.8. The molecule has 4 aromatic rings. The molecule has 1 aliphatic rings. The zero-order chi connectivity index (χ0) is 40.6. The molecular weight excluding hydrogens is 762 g/mol. The molecule has 1 fully saturated rings. The number of aliphatic hydroxyl groups is 1. The molecule has 1 aromatic heterocycles. The normalized spacial score (nSPS) is 15.6. The van der Waals surface area contributed by atoms with Gasteiger partial charge in [0.1, 0.15) is 36.0 Å². The van der Waals surface area contributed by atoms with Crippen LogP contribution in [0.4, 0.5) is 0 Å². The maximum Gasteiger partial charge on any atom is 0.326 e. The second-order valence-electron chi connectivity index (χ2n) is 14.3. The van der Waals surface area contributed by atoms with E-state index in [0.29, 0.717) is 42.2 Å². The number of ether oxygens (including phenoxy) is 3. The van der Waals surface area contributed by atoms with Gasteiger partial charge in [0.25, 0.3) is 0 Å². The summed E-state index contributed by atoms with van der Waals surface area (Å²) in [6.07, 6.45) is 5.30. The Bertz CT molecular complexity index is 2170. The maximum absolute atomic E-state index is 12.1. The second kappa shape index (κ2) is 18.5. The highest BCUT2D eigenvalue weighted by atomic mass is 35.5. The van der Waals surface area contributed by atoms with E-state index in [2.05, 4.69) is 15.2 Å². The molecule has 2 atom stereocenters. The number of sulfone groups is 1. The van der Waals surface area contributed by atoms with Crippen LogP contribution in [0.2, 0.25) is 5.02 Å². The average molecular weight is 810 g/mol. The van der Waals surface area contributed by atoms with Gasteiger partial charge in [-0.2, -0.15) is 0 Å². The summed E-state index contributed by atoms with van der Waals surface area (Å²) in [5, 5.41) is 31.8. The highest BCUT2D eigenvalue weighted by Crippen LogP contribution is 2.36. The number of rotatable bonds is 19. The van der Waals surface area contributed by atoms with Gasteiger partial charge in [-0.15, -0.1) is 0 Å². The summed E-state index contributed by atoms with van der Waals surface area (Å²) >= 11 is 6.72. The fraction of sp³-hybridized carbons (Fsp3) is 0.390. The van der Waals surface area contributed by atoms with E-state index in [4.69, 9.17) is 25.8 Å². The highest BCUT2D eigenvalue weighted by molar-refractivity contribution is 7.90. The molecule has 0 bridgehead atoms. The van der Waals surface area contributed by atoms with E-state index in [1.165, 1.54) is 25.4 Å². The van der Waals surface area contributed by atoms with Crippen LogP contribution in [-0.2, 0) is 39.2 Å². The van der Waals surface area contributed by atoms with Crippen LogP contribution in [0.5, 0.6) is 17.2 Å². The van der Waals surface area contributed by atoms with E-state index < -0.39 is 33.9 Å². The van der Waals surface area contributed by atoms with Crippen molar-refractivity contribution in [1.82, 2.24) is 15.2 Å². The Morgan fingerprint density at radius 1 is 0.946 bits per heavy atom. The molecule has 3 aromatic carbocycles. The van der Waals surface area contributed by atoms with Crippen LogP contribution in [0.15, 0.2) is 71.9 Å². The number of halogens is 1. The molecule has 0 radical (unpaired) electrons. The van der Waals surface area contributed by atoms with E-state index in [9.17, 15) is 33.3 Å². The third-order valence-electron chi connectivity index (χ3n) is 10.1. The van der Waals surface area contributed by atoms with Crippen LogP contribution in [-0.4, -0.2) is 90.2 Å². The summed E-state index contributed by atoms with van der Waals surface area (Å²) in [4.78, 5) is 29.4. The molecule has 0 saturated carbocycles. The van der Waals surface area contributed by atoms with Gasteiger partial charge >= 0.3 is 11.9 Å². The zero-order valence-electron chi connectivity index (χ0n) is 31.9. The topological polar surface area (TPSA) is 185 Å². The van der Waals surface area contributed by atoms with Crippen molar-refractivity contribution in [2.75, 3.05) is 39.1 Å². The Morgan fingerprint density at radius 3 is 2.34 bits per heavy atom. The molecule has 300 valence electrons. The molecule has 1 unspecified atom stereocenters. The van der Waals surface area contributed by atoms with Crippen molar-refractivity contribution >= 4 is 33.4 Å². The van der Waals surface area contributed by atoms with E-state index in [1.807, 2.05) is 50.2 Å². The Hall–Kier alpha value is -4.73. The summed E-state index contributed by atoms with van der Waals surface area (Å²) in [6, 6.07) is 16.6. The zero-order valence-corrected chi connectivity index (χ0v) is 33.5. The molecule has 13 nitrogen and oxygen atoms in total. The predicted octanol–water partition coefficient (Wildman–Crippen LogP) is 5.68. The molecule has 2 heterocycles. The highest BCUT2D eigenvalue weighted by Gasteiger charge is 2.32. The fourth-order valence-corrected chi connectivity index (χ4v) is 7.27. The molecule has 56 heavy (non-hydrogen) atoms. The first kappa shape index (κ1) is 42.4. The lowest BCUT2D eigenvalue weighted by atomic mass is 9.93. The smallest absolute Gasteiger partial charge is 0.326 e. The molecule has 0 aliphatic carbocycles. The Labute approximate surface area is 332 Å². The van der Waals surface area contributed by atoms with Gasteiger partial charge in [-0.05, 0) is 86.2 Å². The van der Waals surface area contributed by atoms with Crippen LogP contribution in [0.1, 0.15) is 47.6 Å². The van der Waals surface area contributed by atoms with E-state index >= 15 is 0 Å². The van der Waals surface area contributed by atoms with Gasteiger partial charge < -0.3 is 34.4 Å². The monoisotopic (exact) mass is 809 g/mol. The van der Waals surface area contributed by atoms with E-state index in [1.54, 1.807) is 12.1 Å². The SMILES string of the molecule is Cc1c(COc2cc(OCc3cncc(S(C)(=O)=O)c3)c(CNC(C)(CO)C(=O)O)cc2Cl)cccc1-c1cccc(OCCCN2CC[C@@H](C(=O)O)C2)c1C. The molecule has 1 saturated heterocycles. The number of benzene rings is 3. The lowest BCUT2D eigenvalue weighted by Gasteiger charge is -2.25. The van der Waals surface area contributed by atoms with Gasteiger partial charge in [0.05, 0.1) is 29.0 Å². The third-order valence-corrected chi connectivity index (χ3v) is 11.4. The van der Waals surface area contributed by atoms with Gasteiger partial charge in [-0.1, -0.05) is 41.9 Å². The summed E-state index contributed by atoms with van der Waals surface area (Å²) in [6.45, 7) is 7.46. The minimum absolute atomic E-state index is 0.0325. The van der Waals surface area contributed by atoms with Crippen LogP contribution >= 0.6 is 11.6 Å². The molecule has 5 rings (SSSR count). The Kier molecular flexibility index (Phi) is 14.0. The minimum Gasteiger partial charge on any atom is -0.493 e. The van der Waals surface area contributed by atoms with Crippen LogP contribution in [0, 0.1) is 19.8 Å². The summed E-state index contributed by atoms with van der Waals surface area (Å²) in [7, 11) is -3.51. The van der Waals surface area contributed by atoms with Crippen molar-refractivity contribution in [1.29, 1.82) is 0 Å². The van der Waals surface area contributed by atoms with Crippen molar-refractivity contribution in [2.45, 2.75) is 63.8 Å². The molecule has 0 spiro atoms. The number of aliphatic hydroxyl groups excluding tert-OH is 1. The third kappa shape index (κ3) is 10.6. The molecular formula is C41H48ClN3O10S. The first-order valence-electron chi connectivity index (χ1n) is 18.2. The predicted molar refractivity (Wildman–Crippen MR) is 211 cm³/mol. The molecule has 4 N–H and O–H groups in total. The quantitative estimate of drug-likeness (QED) is 0.0850.